The highest BCUT2D eigenvalue weighted by atomic mass is 79.9. The van der Waals surface area contributed by atoms with Gasteiger partial charge in [-0.1, -0.05) is 6.92 Å². The van der Waals surface area contributed by atoms with E-state index in [4.69, 9.17) is 5.11 Å². The molecular weight excluding hydrogens is 252 g/mol. The maximum atomic E-state index is 8.78. The van der Waals surface area contributed by atoms with Crippen molar-refractivity contribution in [2.45, 2.75) is 25.8 Å². The fourth-order valence-electron chi connectivity index (χ4n) is 1.03. The minimum absolute atomic E-state index is 0.220. The first-order chi connectivity index (χ1) is 6.26. The number of halogens is 1. The van der Waals surface area contributed by atoms with Crippen LogP contribution < -0.4 is 5.32 Å². The molecule has 1 heterocycles. The van der Waals surface area contributed by atoms with Crippen molar-refractivity contribution in [2.75, 3.05) is 11.9 Å². The van der Waals surface area contributed by atoms with Crippen LogP contribution in [0.1, 0.15) is 19.8 Å². The number of aliphatic hydroxyl groups is 1. The van der Waals surface area contributed by atoms with E-state index in [0.717, 1.165) is 22.6 Å². The third-order valence-electron chi connectivity index (χ3n) is 1.77. The minimum atomic E-state index is 0.220. The summed E-state index contributed by atoms with van der Waals surface area (Å²) in [5.74, 6) is 0. The fourth-order valence-corrected chi connectivity index (χ4v) is 2.25. The Labute approximate surface area is 90.3 Å². The number of nitrogens with zero attached hydrogens (tertiary/aromatic N) is 1. The van der Waals surface area contributed by atoms with Gasteiger partial charge in [0.05, 0.1) is 0 Å². The molecule has 3 nitrogen and oxygen atoms in total. The molecule has 1 unspecified atom stereocenters. The van der Waals surface area contributed by atoms with Crippen molar-refractivity contribution in [1.82, 2.24) is 4.98 Å². The molecule has 5 heteroatoms. The summed E-state index contributed by atoms with van der Waals surface area (Å²) in [4.78, 5) is 4.22. The highest BCUT2D eigenvalue weighted by Gasteiger charge is 2.07. The van der Waals surface area contributed by atoms with E-state index in [0.29, 0.717) is 6.04 Å². The van der Waals surface area contributed by atoms with Gasteiger partial charge in [0.25, 0.3) is 0 Å². The number of rotatable bonds is 5. The van der Waals surface area contributed by atoms with Crippen LogP contribution in [-0.4, -0.2) is 22.7 Å². The number of aromatic nitrogens is 1. The van der Waals surface area contributed by atoms with Crippen molar-refractivity contribution < 1.29 is 5.11 Å². The van der Waals surface area contributed by atoms with Crippen LogP contribution in [0, 0.1) is 0 Å². The van der Waals surface area contributed by atoms with Gasteiger partial charge >= 0.3 is 0 Å². The van der Waals surface area contributed by atoms with Crippen molar-refractivity contribution in [3.8, 4) is 0 Å². The lowest BCUT2D eigenvalue weighted by atomic mass is 10.2. The number of nitrogens with one attached hydrogen (secondary N) is 1. The first-order valence-corrected chi connectivity index (χ1v) is 5.92. The zero-order valence-corrected chi connectivity index (χ0v) is 9.86. The SMILES string of the molecule is CCC(CCO)Nc1nc(Br)cs1. The number of hydrogen-bond donors (Lipinski definition) is 2. The normalized spacial score (nSPS) is 12.8. The van der Waals surface area contributed by atoms with E-state index in [1.807, 2.05) is 5.38 Å². The van der Waals surface area contributed by atoms with Gasteiger partial charge in [0.2, 0.25) is 0 Å². The average molecular weight is 265 g/mol. The van der Waals surface area contributed by atoms with Crippen LogP contribution >= 0.6 is 27.3 Å². The lowest BCUT2D eigenvalue weighted by molar-refractivity contribution is 0.278. The predicted octanol–water partition coefficient (Wildman–Crippen LogP) is 2.48. The largest absolute Gasteiger partial charge is 0.396 e. The first kappa shape index (κ1) is 10.9. The fraction of sp³-hybridized carbons (Fsp3) is 0.625. The van der Waals surface area contributed by atoms with Crippen LogP contribution in [-0.2, 0) is 0 Å². The van der Waals surface area contributed by atoms with Crippen molar-refractivity contribution in [3.63, 3.8) is 0 Å². The molecule has 2 N–H and O–H groups in total. The molecule has 1 aromatic rings. The Balaban J connectivity index is 2.46. The minimum Gasteiger partial charge on any atom is -0.396 e. The number of anilines is 1. The molecule has 0 spiro atoms. The van der Waals surface area contributed by atoms with Gasteiger partial charge in [-0.3, -0.25) is 0 Å². The highest BCUT2D eigenvalue weighted by molar-refractivity contribution is 9.10. The molecule has 0 fully saturated rings. The zero-order chi connectivity index (χ0) is 9.68. The maximum Gasteiger partial charge on any atom is 0.183 e. The summed E-state index contributed by atoms with van der Waals surface area (Å²) in [5, 5.41) is 14.9. The van der Waals surface area contributed by atoms with Crippen LogP contribution in [0.3, 0.4) is 0 Å². The van der Waals surface area contributed by atoms with Gasteiger partial charge in [-0.05, 0) is 28.8 Å². The van der Waals surface area contributed by atoms with E-state index in [9.17, 15) is 0 Å². The van der Waals surface area contributed by atoms with Crippen LogP contribution in [0.4, 0.5) is 5.13 Å². The van der Waals surface area contributed by atoms with Gasteiger partial charge in [0.1, 0.15) is 4.60 Å². The number of hydrogen-bond acceptors (Lipinski definition) is 4. The summed E-state index contributed by atoms with van der Waals surface area (Å²) in [5.41, 5.74) is 0. The summed E-state index contributed by atoms with van der Waals surface area (Å²) in [7, 11) is 0. The monoisotopic (exact) mass is 264 g/mol. The Morgan fingerprint density at radius 2 is 2.54 bits per heavy atom. The molecule has 0 aliphatic heterocycles. The Morgan fingerprint density at radius 3 is 3.00 bits per heavy atom. The van der Waals surface area contributed by atoms with E-state index < -0.39 is 0 Å². The number of aliphatic hydroxyl groups excluding tert-OH is 1. The molecule has 0 saturated carbocycles. The average Bonchev–Trinajstić information content (AvgIpc) is 2.50. The Hall–Kier alpha value is -0.130. The van der Waals surface area contributed by atoms with Gasteiger partial charge in [-0.15, -0.1) is 11.3 Å². The molecule has 0 saturated heterocycles. The quantitative estimate of drug-likeness (QED) is 0.859. The third kappa shape index (κ3) is 3.62. The summed E-state index contributed by atoms with van der Waals surface area (Å²) in [6.07, 6.45) is 1.77. The molecule has 0 radical (unpaired) electrons. The highest BCUT2D eigenvalue weighted by Crippen LogP contribution is 2.21. The van der Waals surface area contributed by atoms with E-state index >= 15 is 0 Å². The van der Waals surface area contributed by atoms with Gasteiger partial charge in [-0.2, -0.15) is 0 Å². The smallest absolute Gasteiger partial charge is 0.183 e. The van der Waals surface area contributed by atoms with E-state index in [-0.39, 0.29) is 6.61 Å². The van der Waals surface area contributed by atoms with Crippen LogP contribution in [0.2, 0.25) is 0 Å². The molecule has 0 bridgehead atoms. The van der Waals surface area contributed by atoms with E-state index in [2.05, 4.69) is 33.2 Å². The molecule has 0 aliphatic carbocycles. The van der Waals surface area contributed by atoms with Gasteiger partial charge in [0.15, 0.2) is 5.13 Å². The summed E-state index contributed by atoms with van der Waals surface area (Å²) < 4.78 is 0.860. The van der Waals surface area contributed by atoms with Crippen molar-refractivity contribution in [2.24, 2.45) is 0 Å². The van der Waals surface area contributed by atoms with Crippen molar-refractivity contribution in [3.05, 3.63) is 9.98 Å². The second-order valence-corrected chi connectivity index (χ2v) is 4.41. The Kier molecular flexibility index (Phi) is 4.69. The van der Waals surface area contributed by atoms with Crippen molar-refractivity contribution in [1.29, 1.82) is 0 Å². The summed E-state index contributed by atoms with van der Waals surface area (Å²) >= 11 is 4.86. The Morgan fingerprint density at radius 1 is 1.77 bits per heavy atom. The third-order valence-corrected chi connectivity index (χ3v) is 3.26. The molecule has 1 atom stereocenters. The van der Waals surface area contributed by atoms with Crippen LogP contribution in [0.15, 0.2) is 9.98 Å². The van der Waals surface area contributed by atoms with Gasteiger partial charge < -0.3 is 10.4 Å². The van der Waals surface area contributed by atoms with E-state index in [1.54, 1.807) is 11.3 Å². The topological polar surface area (TPSA) is 45.1 Å². The summed E-state index contributed by atoms with van der Waals surface area (Å²) in [6, 6.07) is 0.322. The van der Waals surface area contributed by atoms with Gasteiger partial charge in [0, 0.05) is 18.0 Å². The van der Waals surface area contributed by atoms with Gasteiger partial charge in [-0.25, -0.2) is 4.98 Å². The van der Waals surface area contributed by atoms with E-state index in [1.165, 1.54) is 0 Å². The maximum absolute atomic E-state index is 8.78. The zero-order valence-electron chi connectivity index (χ0n) is 7.46. The van der Waals surface area contributed by atoms with Crippen LogP contribution in [0.5, 0.6) is 0 Å². The first-order valence-electron chi connectivity index (χ1n) is 4.24. The number of thiazole rings is 1. The molecular formula is C8H13BrN2OS. The lowest BCUT2D eigenvalue weighted by Gasteiger charge is -2.13. The molecule has 1 aromatic heterocycles. The molecule has 0 amide bonds. The molecule has 74 valence electrons. The Bertz CT molecular complexity index is 254. The second-order valence-electron chi connectivity index (χ2n) is 2.74. The van der Waals surface area contributed by atoms with Crippen molar-refractivity contribution >= 4 is 32.4 Å². The molecule has 13 heavy (non-hydrogen) atoms. The lowest BCUT2D eigenvalue weighted by Crippen LogP contribution is -2.19. The standard InChI is InChI=1S/C8H13BrN2OS/c1-2-6(3-4-12)10-8-11-7(9)5-13-8/h5-6,12H,2-4H2,1H3,(H,10,11). The predicted molar refractivity (Wildman–Crippen MR) is 59.2 cm³/mol. The second kappa shape index (κ2) is 5.57. The van der Waals surface area contributed by atoms with Crippen LogP contribution in [0.25, 0.3) is 0 Å². The molecule has 1 rings (SSSR count). The summed E-state index contributed by atoms with van der Waals surface area (Å²) in [6.45, 7) is 2.31. The molecule has 0 aliphatic rings. The molecule has 0 aromatic carbocycles.